The Kier molecular flexibility index (Phi) is 4.20. The van der Waals surface area contributed by atoms with Crippen molar-refractivity contribution in [2.45, 2.75) is 59.3 Å². The molecule has 0 saturated heterocycles. The Bertz CT molecular complexity index is 395. The van der Waals surface area contributed by atoms with Gasteiger partial charge in [-0.25, -0.2) is 9.97 Å². The van der Waals surface area contributed by atoms with Gasteiger partial charge in [0.1, 0.15) is 11.6 Å². The summed E-state index contributed by atoms with van der Waals surface area (Å²) in [7, 11) is 0. The van der Waals surface area contributed by atoms with Crippen molar-refractivity contribution in [3.05, 3.63) is 17.6 Å². The molecule has 0 atom stereocenters. The van der Waals surface area contributed by atoms with Crippen molar-refractivity contribution in [3.63, 3.8) is 0 Å². The fraction of sp³-hybridized carbons (Fsp3) is 0.733. The molecule has 2 rings (SSSR count). The molecule has 0 aromatic carbocycles. The Labute approximate surface area is 110 Å². The smallest absolute Gasteiger partial charge is 0.129 e. The van der Waals surface area contributed by atoms with Crippen LogP contribution in [0.2, 0.25) is 0 Å². The van der Waals surface area contributed by atoms with Crippen molar-refractivity contribution < 1.29 is 0 Å². The molecule has 1 N–H and O–H groups in total. The third-order valence-corrected chi connectivity index (χ3v) is 4.31. The average Bonchev–Trinajstić information content (AvgIpc) is 2.85. The lowest BCUT2D eigenvalue weighted by Crippen LogP contribution is -2.26. The van der Waals surface area contributed by atoms with Gasteiger partial charge in [0.25, 0.3) is 0 Å². The lowest BCUT2D eigenvalue weighted by Gasteiger charge is -2.28. The highest BCUT2D eigenvalue weighted by Gasteiger charge is 2.31. The molecule has 0 bridgehead atoms. The molecule has 1 fully saturated rings. The highest BCUT2D eigenvalue weighted by atomic mass is 15.0. The van der Waals surface area contributed by atoms with Gasteiger partial charge in [0.15, 0.2) is 0 Å². The SMILES string of the molecule is CCc1cc(NCC2(CC)CCCC2)nc(C)n1. The molecule has 18 heavy (non-hydrogen) atoms. The molecule has 100 valence electrons. The maximum Gasteiger partial charge on any atom is 0.129 e. The Morgan fingerprint density at radius 2 is 1.94 bits per heavy atom. The summed E-state index contributed by atoms with van der Waals surface area (Å²) >= 11 is 0. The Morgan fingerprint density at radius 3 is 2.56 bits per heavy atom. The van der Waals surface area contributed by atoms with Crippen LogP contribution in [0.25, 0.3) is 0 Å². The molecule has 1 heterocycles. The van der Waals surface area contributed by atoms with E-state index in [-0.39, 0.29) is 0 Å². The van der Waals surface area contributed by atoms with Crippen LogP contribution in [-0.4, -0.2) is 16.5 Å². The first-order valence-electron chi connectivity index (χ1n) is 7.26. The zero-order valence-corrected chi connectivity index (χ0v) is 11.9. The predicted molar refractivity (Wildman–Crippen MR) is 75.8 cm³/mol. The topological polar surface area (TPSA) is 37.8 Å². The first-order chi connectivity index (χ1) is 8.67. The molecular weight excluding hydrogens is 222 g/mol. The second-order valence-corrected chi connectivity index (χ2v) is 5.56. The van der Waals surface area contributed by atoms with Crippen LogP contribution < -0.4 is 5.32 Å². The second-order valence-electron chi connectivity index (χ2n) is 5.56. The minimum atomic E-state index is 0.505. The number of rotatable bonds is 5. The number of anilines is 1. The summed E-state index contributed by atoms with van der Waals surface area (Å²) in [6, 6.07) is 2.09. The lowest BCUT2D eigenvalue weighted by atomic mass is 9.83. The average molecular weight is 247 g/mol. The van der Waals surface area contributed by atoms with E-state index >= 15 is 0 Å². The molecular formula is C15H25N3. The van der Waals surface area contributed by atoms with Gasteiger partial charge in [0.2, 0.25) is 0 Å². The van der Waals surface area contributed by atoms with E-state index in [1.807, 2.05) is 6.92 Å². The van der Waals surface area contributed by atoms with E-state index in [4.69, 9.17) is 0 Å². The van der Waals surface area contributed by atoms with Gasteiger partial charge in [-0.3, -0.25) is 0 Å². The van der Waals surface area contributed by atoms with Gasteiger partial charge < -0.3 is 5.32 Å². The van der Waals surface area contributed by atoms with Crippen LogP contribution in [0.3, 0.4) is 0 Å². The van der Waals surface area contributed by atoms with Crippen LogP contribution >= 0.6 is 0 Å². The monoisotopic (exact) mass is 247 g/mol. The van der Waals surface area contributed by atoms with E-state index in [0.717, 1.165) is 30.3 Å². The van der Waals surface area contributed by atoms with E-state index in [1.165, 1.54) is 32.1 Å². The predicted octanol–water partition coefficient (Wildman–Crippen LogP) is 3.73. The van der Waals surface area contributed by atoms with Gasteiger partial charge in [0, 0.05) is 18.3 Å². The van der Waals surface area contributed by atoms with Crippen LogP contribution in [0.5, 0.6) is 0 Å². The zero-order valence-electron chi connectivity index (χ0n) is 11.9. The summed E-state index contributed by atoms with van der Waals surface area (Å²) in [6.45, 7) is 7.48. The molecule has 1 aromatic rings. The summed E-state index contributed by atoms with van der Waals surface area (Å²) in [5, 5.41) is 3.54. The molecule has 0 unspecified atom stereocenters. The van der Waals surface area contributed by atoms with Gasteiger partial charge in [-0.1, -0.05) is 26.7 Å². The normalized spacial score (nSPS) is 17.9. The maximum absolute atomic E-state index is 4.49. The molecule has 1 aromatic heterocycles. The Balaban J connectivity index is 2.03. The summed E-state index contributed by atoms with van der Waals surface area (Å²) in [5.41, 5.74) is 1.63. The molecule has 1 aliphatic rings. The van der Waals surface area contributed by atoms with Crippen LogP contribution in [-0.2, 0) is 6.42 Å². The largest absolute Gasteiger partial charge is 0.369 e. The summed E-state index contributed by atoms with van der Waals surface area (Å²) < 4.78 is 0. The van der Waals surface area contributed by atoms with Crippen molar-refractivity contribution in [1.82, 2.24) is 9.97 Å². The molecule has 0 spiro atoms. The molecule has 0 aliphatic heterocycles. The van der Waals surface area contributed by atoms with E-state index in [9.17, 15) is 0 Å². The third-order valence-electron chi connectivity index (χ3n) is 4.31. The van der Waals surface area contributed by atoms with Gasteiger partial charge in [-0.15, -0.1) is 0 Å². The Hall–Kier alpha value is -1.12. The molecule has 3 nitrogen and oxygen atoms in total. The van der Waals surface area contributed by atoms with Crippen molar-refractivity contribution in [1.29, 1.82) is 0 Å². The first kappa shape index (κ1) is 13.3. The van der Waals surface area contributed by atoms with Crippen molar-refractivity contribution >= 4 is 5.82 Å². The third kappa shape index (κ3) is 3.01. The quantitative estimate of drug-likeness (QED) is 0.861. The number of nitrogens with zero attached hydrogens (tertiary/aromatic N) is 2. The van der Waals surface area contributed by atoms with Gasteiger partial charge in [-0.05, 0) is 38.0 Å². The highest BCUT2D eigenvalue weighted by Crippen LogP contribution is 2.40. The second kappa shape index (κ2) is 5.68. The van der Waals surface area contributed by atoms with Crippen LogP contribution in [0.1, 0.15) is 57.5 Å². The molecule has 1 saturated carbocycles. The van der Waals surface area contributed by atoms with E-state index in [2.05, 4.69) is 35.2 Å². The maximum atomic E-state index is 4.49. The molecule has 1 aliphatic carbocycles. The van der Waals surface area contributed by atoms with E-state index in [1.54, 1.807) is 0 Å². The molecule has 0 amide bonds. The minimum absolute atomic E-state index is 0.505. The number of aryl methyl sites for hydroxylation is 2. The van der Waals surface area contributed by atoms with Crippen LogP contribution in [0, 0.1) is 12.3 Å². The van der Waals surface area contributed by atoms with Gasteiger partial charge in [-0.2, -0.15) is 0 Å². The van der Waals surface area contributed by atoms with Gasteiger partial charge >= 0.3 is 0 Å². The number of hydrogen-bond acceptors (Lipinski definition) is 3. The number of aromatic nitrogens is 2. The number of nitrogens with one attached hydrogen (secondary N) is 1. The molecule has 0 radical (unpaired) electrons. The van der Waals surface area contributed by atoms with Crippen molar-refractivity contribution in [3.8, 4) is 0 Å². The fourth-order valence-corrected chi connectivity index (χ4v) is 2.96. The fourth-order valence-electron chi connectivity index (χ4n) is 2.96. The summed E-state index contributed by atoms with van der Waals surface area (Å²) in [6.07, 6.45) is 7.74. The van der Waals surface area contributed by atoms with E-state index in [0.29, 0.717) is 5.41 Å². The van der Waals surface area contributed by atoms with Crippen molar-refractivity contribution in [2.75, 3.05) is 11.9 Å². The summed E-state index contributed by atoms with van der Waals surface area (Å²) in [5.74, 6) is 1.87. The summed E-state index contributed by atoms with van der Waals surface area (Å²) in [4.78, 5) is 8.90. The standard InChI is InChI=1S/C15H25N3/c1-4-13-10-14(18-12(3)17-13)16-11-15(5-2)8-6-7-9-15/h10H,4-9,11H2,1-3H3,(H,16,17,18). The van der Waals surface area contributed by atoms with E-state index < -0.39 is 0 Å². The van der Waals surface area contributed by atoms with Crippen LogP contribution in [0.4, 0.5) is 5.82 Å². The Morgan fingerprint density at radius 1 is 1.22 bits per heavy atom. The van der Waals surface area contributed by atoms with Gasteiger partial charge in [0.05, 0.1) is 0 Å². The van der Waals surface area contributed by atoms with Crippen molar-refractivity contribution in [2.24, 2.45) is 5.41 Å². The zero-order chi connectivity index (χ0) is 13.0. The lowest BCUT2D eigenvalue weighted by molar-refractivity contribution is 0.306. The highest BCUT2D eigenvalue weighted by molar-refractivity contribution is 5.36. The first-order valence-corrected chi connectivity index (χ1v) is 7.26. The molecule has 3 heteroatoms. The van der Waals surface area contributed by atoms with Crippen LogP contribution in [0.15, 0.2) is 6.07 Å². The minimum Gasteiger partial charge on any atom is -0.369 e. The number of hydrogen-bond donors (Lipinski definition) is 1.